The maximum atomic E-state index is 4.31. The lowest BCUT2D eigenvalue weighted by Gasteiger charge is -1.97. The smallest absolute Gasteiger partial charge is 0.188 e. The molecule has 0 aromatic carbocycles. The number of thiazole rings is 2. The molecule has 0 atom stereocenters. The third-order valence-electron chi connectivity index (χ3n) is 1.58. The van der Waals surface area contributed by atoms with E-state index in [9.17, 15) is 0 Å². The normalized spacial score (nSPS) is 10.3. The minimum absolute atomic E-state index is 0.935. The van der Waals surface area contributed by atoms with Gasteiger partial charge in [-0.2, -0.15) is 0 Å². The summed E-state index contributed by atoms with van der Waals surface area (Å²) in [5.74, 6) is 0. The Morgan fingerprint density at radius 1 is 1.31 bits per heavy atom. The monoisotopic (exact) mass is 211 g/mol. The van der Waals surface area contributed by atoms with Crippen molar-refractivity contribution in [3.63, 3.8) is 0 Å². The fourth-order valence-corrected chi connectivity index (χ4v) is 2.38. The van der Waals surface area contributed by atoms with Crippen LogP contribution in [-0.4, -0.2) is 9.97 Å². The standard InChI is InChI=1S/C8H9N3S2/c1-5-3-12-8(10-5)11-7-6(2)9-4-13-7/h3-4H,1-2H3,(H,10,11). The molecule has 0 saturated carbocycles. The molecular formula is C8H9N3S2. The second-order valence-corrected chi connectivity index (χ2v) is 4.40. The lowest BCUT2D eigenvalue weighted by atomic mass is 10.5. The van der Waals surface area contributed by atoms with E-state index in [2.05, 4.69) is 15.3 Å². The fraction of sp³-hybridized carbons (Fsp3) is 0.250. The van der Waals surface area contributed by atoms with Gasteiger partial charge in [-0.1, -0.05) is 0 Å². The van der Waals surface area contributed by atoms with Crippen LogP contribution in [0.3, 0.4) is 0 Å². The van der Waals surface area contributed by atoms with Crippen molar-refractivity contribution in [1.82, 2.24) is 9.97 Å². The van der Waals surface area contributed by atoms with Gasteiger partial charge in [-0.05, 0) is 13.8 Å². The van der Waals surface area contributed by atoms with E-state index in [0.717, 1.165) is 21.5 Å². The van der Waals surface area contributed by atoms with Gasteiger partial charge < -0.3 is 5.32 Å². The van der Waals surface area contributed by atoms with E-state index in [1.165, 1.54) is 0 Å². The van der Waals surface area contributed by atoms with Crippen molar-refractivity contribution < 1.29 is 0 Å². The molecule has 68 valence electrons. The Kier molecular flexibility index (Phi) is 2.28. The molecule has 0 amide bonds. The van der Waals surface area contributed by atoms with Crippen LogP contribution >= 0.6 is 22.7 Å². The number of hydrogen-bond acceptors (Lipinski definition) is 5. The zero-order valence-electron chi connectivity index (χ0n) is 7.37. The molecule has 1 N–H and O–H groups in total. The van der Waals surface area contributed by atoms with Crippen molar-refractivity contribution in [2.24, 2.45) is 0 Å². The lowest BCUT2D eigenvalue weighted by molar-refractivity contribution is 1.24. The second kappa shape index (κ2) is 3.43. The van der Waals surface area contributed by atoms with Crippen molar-refractivity contribution in [1.29, 1.82) is 0 Å². The molecule has 0 aliphatic carbocycles. The summed E-state index contributed by atoms with van der Waals surface area (Å²) in [6.07, 6.45) is 0. The van der Waals surface area contributed by atoms with Gasteiger partial charge in [0, 0.05) is 5.38 Å². The number of aryl methyl sites for hydroxylation is 2. The molecule has 0 aliphatic heterocycles. The van der Waals surface area contributed by atoms with E-state index in [1.807, 2.05) is 24.7 Å². The molecular weight excluding hydrogens is 202 g/mol. The SMILES string of the molecule is Cc1csc(Nc2scnc2C)n1. The molecule has 0 aliphatic rings. The number of rotatable bonds is 2. The summed E-state index contributed by atoms with van der Waals surface area (Å²) in [4.78, 5) is 8.47. The predicted octanol–water partition coefficient (Wildman–Crippen LogP) is 2.96. The zero-order valence-corrected chi connectivity index (χ0v) is 9.00. The molecule has 2 heterocycles. The Morgan fingerprint density at radius 2 is 2.15 bits per heavy atom. The van der Waals surface area contributed by atoms with Crippen molar-refractivity contribution in [2.45, 2.75) is 13.8 Å². The van der Waals surface area contributed by atoms with Gasteiger partial charge in [0.05, 0.1) is 16.9 Å². The molecule has 2 aromatic rings. The maximum absolute atomic E-state index is 4.31. The predicted molar refractivity (Wildman–Crippen MR) is 57.0 cm³/mol. The highest BCUT2D eigenvalue weighted by Gasteiger charge is 2.03. The largest absolute Gasteiger partial charge is 0.322 e. The molecule has 0 fully saturated rings. The average Bonchev–Trinajstić information content (AvgIpc) is 2.64. The van der Waals surface area contributed by atoms with E-state index in [4.69, 9.17) is 0 Å². The van der Waals surface area contributed by atoms with Crippen LogP contribution in [0.2, 0.25) is 0 Å². The fourth-order valence-electron chi connectivity index (χ4n) is 0.930. The molecule has 0 radical (unpaired) electrons. The average molecular weight is 211 g/mol. The Bertz CT molecular complexity index is 405. The maximum Gasteiger partial charge on any atom is 0.188 e. The number of aromatic nitrogens is 2. The second-order valence-electron chi connectivity index (χ2n) is 2.69. The minimum Gasteiger partial charge on any atom is -0.322 e. The van der Waals surface area contributed by atoms with Crippen LogP contribution < -0.4 is 5.32 Å². The quantitative estimate of drug-likeness (QED) is 0.830. The highest BCUT2D eigenvalue weighted by atomic mass is 32.1. The van der Waals surface area contributed by atoms with Crippen LogP contribution in [0.4, 0.5) is 10.1 Å². The van der Waals surface area contributed by atoms with Crippen LogP contribution in [0.15, 0.2) is 10.9 Å². The first kappa shape index (κ1) is 8.65. The molecule has 13 heavy (non-hydrogen) atoms. The first-order chi connectivity index (χ1) is 6.25. The first-order valence-electron chi connectivity index (χ1n) is 3.85. The van der Waals surface area contributed by atoms with Gasteiger partial charge in [0.2, 0.25) is 0 Å². The summed E-state index contributed by atoms with van der Waals surface area (Å²) < 4.78 is 0. The molecule has 0 bridgehead atoms. The van der Waals surface area contributed by atoms with Gasteiger partial charge in [0.25, 0.3) is 0 Å². The van der Waals surface area contributed by atoms with Crippen LogP contribution in [0.5, 0.6) is 0 Å². The zero-order chi connectivity index (χ0) is 9.26. The molecule has 0 saturated heterocycles. The molecule has 5 heteroatoms. The van der Waals surface area contributed by atoms with Gasteiger partial charge in [-0.25, -0.2) is 9.97 Å². The van der Waals surface area contributed by atoms with E-state index in [1.54, 1.807) is 22.7 Å². The molecule has 0 spiro atoms. The van der Waals surface area contributed by atoms with Crippen molar-refractivity contribution >= 4 is 32.8 Å². The Hall–Kier alpha value is -0.940. The van der Waals surface area contributed by atoms with Crippen LogP contribution in [-0.2, 0) is 0 Å². The van der Waals surface area contributed by atoms with E-state index in [0.29, 0.717) is 0 Å². The van der Waals surface area contributed by atoms with Gasteiger partial charge in [0.1, 0.15) is 5.00 Å². The summed E-state index contributed by atoms with van der Waals surface area (Å²) in [7, 11) is 0. The molecule has 2 rings (SSSR count). The summed E-state index contributed by atoms with van der Waals surface area (Å²) >= 11 is 3.21. The van der Waals surface area contributed by atoms with Crippen molar-refractivity contribution in [3.8, 4) is 0 Å². The highest BCUT2D eigenvalue weighted by Crippen LogP contribution is 2.25. The Morgan fingerprint density at radius 3 is 2.69 bits per heavy atom. The van der Waals surface area contributed by atoms with Gasteiger partial charge in [-0.15, -0.1) is 22.7 Å². The Labute approximate surface area is 84.5 Å². The molecule has 2 aromatic heterocycles. The topological polar surface area (TPSA) is 37.8 Å². The summed E-state index contributed by atoms with van der Waals surface area (Å²) in [5, 5.41) is 7.28. The van der Waals surface area contributed by atoms with Gasteiger partial charge in [0.15, 0.2) is 5.13 Å². The number of anilines is 2. The van der Waals surface area contributed by atoms with Gasteiger partial charge >= 0.3 is 0 Å². The van der Waals surface area contributed by atoms with Crippen LogP contribution in [0.25, 0.3) is 0 Å². The number of nitrogens with one attached hydrogen (secondary N) is 1. The Balaban J connectivity index is 2.19. The summed E-state index contributed by atoms with van der Waals surface area (Å²) in [5.41, 5.74) is 3.91. The summed E-state index contributed by atoms with van der Waals surface area (Å²) in [6, 6.07) is 0. The van der Waals surface area contributed by atoms with E-state index in [-0.39, 0.29) is 0 Å². The highest BCUT2D eigenvalue weighted by molar-refractivity contribution is 7.16. The van der Waals surface area contributed by atoms with Crippen LogP contribution in [0.1, 0.15) is 11.4 Å². The van der Waals surface area contributed by atoms with Gasteiger partial charge in [-0.3, -0.25) is 0 Å². The van der Waals surface area contributed by atoms with Crippen molar-refractivity contribution in [2.75, 3.05) is 5.32 Å². The third-order valence-corrected chi connectivity index (χ3v) is 3.30. The van der Waals surface area contributed by atoms with Crippen LogP contribution in [0, 0.1) is 13.8 Å². The van der Waals surface area contributed by atoms with Crippen molar-refractivity contribution in [3.05, 3.63) is 22.3 Å². The van der Waals surface area contributed by atoms with E-state index >= 15 is 0 Å². The molecule has 3 nitrogen and oxygen atoms in total. The minimum atomic E-state index is 0.935. The number of nitrogens with zero attached hydrogens (tertiary/aromatic N) is 2. The van der Waals surface area contributed by atoms with E-state index < -0.39 is 0 Å². The molecule has 0 unspecified atom stereocenters. The first-order valence-corrected chi connectivity index (χ1v) is 5.61. The third kappa shape index (κ3) is 1.87. The summed E-state index contributed by atoms with van der Waals surface area (Å²) in [6.45, 7) is 3.97. The lowest BCUT2D eigenvalue weighted by Crippen LogP contribution is -1.88. The number of hydrogen-bond donors (Lipinski definition) is 1.